The third-order valence-corrected chi connectivity index (χ3v) is 6.68. The van der Waals surface area contributed by atoms with Crippen molar-refractivity contribution in [3.8, 4) is 5.75 Å². The van der Waals surface area contributed by atoms with Gasteiger partial charge in [0.25, 0.3) is 10.0 Å². The van der Waals surface area contributed by atoms with E-state index in [-0.39, 0.29) is 33.7 Å². The molecular weight excluding hydrogens is 408 g/mol. The molecule has 1 aliphatic heterocycles. The van der Waals surface area contributed by atoms with Crippen molar-refractivity contribution in [1.82, 2.24) is 0 Å². The van der Waals surface area contributed by atoms with Crippen LogP contribution in [0.4, 0.5) is 11.4 Å². The highest BCUT2D eigenvalue weighted by Crippen LogP contribution is 2.37. The summed E-state index contributed by atoms with van der Waals surface area (Å²) in [5, 5.41) is 0. The van der Waals surface area contributed by atoms with Gasteiger partial charge in [-0.05, 0) is 61.2 Å². The standard InChI is InChI=1S/C21H22N2O6S/c1-28-19-8-5-15(21(25)29-2)12-17(19)22-30(26,27)16-6-7-18-14(11-16)9-10-23(18)20(24)13-3-4-13/h5-8,11-13,22H,3-4,9-10H2,1-2H3. The number of sulfonamides is 1. The molecule has 1 aliphatic carbocycles. The lowest BCUT2D eigenvalue weighted by Crippen LogP contribution is -2.30. The number of esters is 1. The highest BCUT2D eigenvalue weighted by atomic mass is 32.2. The van der Waals surface area contributed by atoms with Crippen molar-refractivity contribution in [3.63, 3.8) is 0 Å². The van der Waals surface area contributed by atoms with E-state index in [0.717, 1.165) is 24.1 Å². The van der Waals surface area contributed by atoms with Crippen LogP contribution in [-0.4, -0.2) is 41.1 Å². The van der Waals surface area contributed by atoms with Crippen LogP contribution < -0.4 is 14.4 Å². The van der Waals surface area contributed by atoms with Crippen LogP contribution in [0.5, 0.6) is 5.75 Å². The molecule has 1 fully saturated rings. The molecule has 8 nitrogen and oxygen atoms in total. The lowest BCUT2D eigenvalue weighted by Gasteiger charge is -2.17. The van der Waals surface area contributed by atoms with E-state index in [1.807, 2.05) is 0 Å². The second kappa shape index (κ2) is 7.64. The van der Waals surface area contributed by atoms with Gasteiger partial charge >= 0.3 is 5.97 Å². The highest BCUT2D eigenvalue weighted by Gasteiger charge is 2.36. The number of hydrogen-bond donors (Lipinski definition) is 1. The molecule has 1 saturated carbocycles. The Kier molecular flexibility index (Phi) is 5.15. The monoisotopic (exact) mass is 430 g/mol. The second-order valence-corrected chi connectivity index (χ2v) is 9.00. The molecule has 0 saturated heterocycles. The van der Waals surface area contributed by atoms with E-state index in [9.17, 15) is 18.0 Å². The van der Waals surface area contributed by atoms with Gasteiger partial charge in [0, 0.05) is 18.2 Å². The Morgan fingerprint density at radius 2 is 1.87 bits per heavy atom. The molecule has 0 radical (unpaired) electrons. The summed E-state index contributed by atoms with van der Waals surface area (Å²) in [6, 6.07) is 9.10. The summed E-state index contributed by atoms with van der Waals surface area (Å²) in [5.41, 5.74) is 1.92. The van der Waals surface area contributed by atoms with Crippen LogP contribution in [0, 0.1) is 5.92 Å². The maximum Gasteiger partial charge on any atom is 0.337 e. The third kappa shape index (κ3) is 3.72. The fraction of sp³-hybridized carbons (Fsp3) is 0.333. The molecule has 2 aromatic carbocycles. The van der Waals surface area contributed by atoms with Gasteiger partial charge in [-0.15, -0.1) is 0 Å². The molecule has 0 bridgehead atoms. The third-order valence-electron chi connectivity index (χ3n) is 5.31. The van der Waals surface area contributed by atoms with E-state index < -0.39 is 16.0 Å². The van der Waals surface area contributed by atoms with Gasteiger partial charge < -0.3 is 14.4 Å². The van der Waals surface area contributed by atoms with Gasteiger partial charge in [-0.25, -0.2) is 13.2 Å². The summed E-state index contributed by atoms with van der Waals surface area (Å²) in [6.45, 7) is 0.566. The molecule has 9 heteroatoms. The largest absolute Gasteiger partial charge is 0.495 e. The first-order valence-corrected chi connectivity index (χ1v) is 11.1. The van der Waals surface area contributed by atoms with Crippen LogP contribution in [0.3, 0.4) is 0 Å². The van der Waals surface area contributed by atoms with Crippen LogP contribution in [-0.2, 0) is 26.0 Å². The molecule has 0 aromatic heterocycles. The molecule has 1 amide bonds. The first-order chi connectivity index (χ1) is 14.3. The van der Waals surface area contributed by atoms with Crippen molar-refractivity contribution in [2.24, 2.45) is 5.92 Å². The summed E-state index contributed by atoms with van der Waals surface area (Å²) in [7, 11) is -1.29. The van der Waals surface area contributed by atoms with Crippen molar-refractivity contribution in [3.05, 3.63) is 47.5 Å². The van der Waals surface area contributed by atoms with E-state index in [2.05, 4.69) is 4.72 Å². The number of hydrogen-bond acceptors (Lipinski definition) is 6. The number of rotatable bonds is 6. The number of fused-ring (bicyclic) bond motifs is 1. The Bertz CT molecular complexity index is 1120. The Balaban J connectivity index is 1.62. The number of nitrogens with one attached hydrogen (secondary N) is 1. The van der Waals surface area contributed by atoms with Gasteiger partial charge in [0.05, 0.1) is 30.4 Å². The molecule has 4 rings (SSSR count). The number of nitrogens with zero attached hydrogens (tertiary/aromatic N) is 1. The minimum Gasteiger partial charge on any atom is -0.495 e. The predicted molar refractivity (Wildman–Crippen MR) is 110 cm³/mol. The van der Waals surface area contributed by atoms with Gasteiger partial charge in [0.2, 0.25) is 5.91 Å². The Morgan fingerprint density at radius 3 is 2.53 bits per heavy atom. The van der Waals surface area contributed by atoms with Gasteiger partial charge in [-0.2, -0.15) is 0 Å². The van der Waals surface area contributed by atoms with Crippen LogP contribution in [0.15, 0.2) is 41.3 Å². The maximum absolute atomic E-state index is 13.0. The first-order valence-electron chi connectivity index (χ1n) is 9.57. The minimum absolute atomic E-state index is 0.0764. The van der Waals surface area contributed by atoms with E-state index in [4.69, 9.17) is 9.47 Å². The van der Waals surface area contributed by atoms with Gasteiger partial charge in [-0.1, -0.05) is 0 Å². The molecule has 158 valence electrons. The zero-order valence-electron chi connectivity index (χ0n) is 16.7. The van der Waals surface area contributed by atoms with E-state index >= 15 is 0 Å². The molecular formula is C21H22N2O6S. The summed E-state index contributed by atoms with van der Waals surface area (Å²) in [4.78, 5) is 26.0. The summed E-state index contributed by atoms with van der Waals surface area (Å²) < 4.78 is 38.4. The normalized spacial score (nSPS) is 15.5. The molecule has 1 heterocycles. The maximum atomic E-state index is 13.0. The topological polar surface area (TPSA) is 102 Å². The molecule has 2 aliphatic rings. The van der Waals surface area contributed by atoms with Gasteiger partial charge in [0.15, 0.2) is 0 Å². The number of ether oxygens (including phenoxy) is 2. The minimum atomic E-state index is -3.94. The molecule has 2 aromatic rings. The molecule has 0 unspecified atom stereocenters. The molecule has 1 N–H and O–H groups in total. The molecule has 0 spiro atoms. The van der Waals surface area contributed by atoms with Crippen LogP contribution in [0.2, 0.25) is 0 Å². The number of benzene rings is 2. The fourth-order valence-corrected chi connectivity index (χ4v) is 4.67. The first kappa shape index (κ1) is 20.2. The number of anilines is 2. The van der Waals surface area contributed by atoms with Gasteiger partial charge in [-0.3, -0.25) is 9.52 Å². The van der Waals surface area contributed by atoms with E-state index in [0.29, 0.717) is 13.0 Å². The second-order valence-electron chi connectivity index (χ2n) is 7.32. The van der Waals surface area contributed by atoms with Crippen molar-refractivity contribution in [1.29, 1.82) is 0 Å². The number of amides is 1. The predicted octanol–water partition coefficient (Wildman–Crippen LogP) is 2.58. The molecule has 0 atom stereocenters. The average Bonchev–Trinajstić information content (AvgIpc) is 3.51. The van der Waals surface area contributed by atoms with E-state index in [1.54, 1.807) is 17.0 Å². The van der Waals surface area contributed by atoms with Crippen LogP contribution in [0.1, 0.15) is 28.8 Å². The van der Waals surface area contributed by atoms with Gasteiger partial charge in [0.1, 0.15) is 5.75 Å². The zero-order valence-corrected chi connectivity index (χ0v) is 17.5. The van der Waals surface area contributed by atoms with Crippen molar-refractivity contribution in [2.45, 2.75) is 24.2 Å². The Morgan fingerprint density at radius 1 is 1.10 bits per heavy atom. The number of carbonyl (C=O) groups is 2. The van der Waals surface area contributed by atoms with Crippen LogP contribution >= 0.6 is 0 Å². The van der Waals surface area contributed by atoms with E-state index in [1.165, 1.54) is 38.5 Å². The summed E-state index contributed by atoms with van der Waals surface area (Å²) in [5.74, 6) is -0.0907. The van der Waals surface area contributed by atoms with Crippen molar-refractivity contribution < 1.29 is 27.5 Å². The smallest absolute Gasteiger partial charge is 0.337 e. The Hall–Kier alpha value is -3.07. The fourth-order valence-electron chi connectivity index (χ4n) is 3.56. The van der Waals surface area contributed by atoms with Crippen molar-refractivity contribution >= 4 is 33.3 Å². The summed E-state index contributed by atoms with van der Waals surface area (Å²) >= 11 is 0. The Labute approximate surface area is 174 Å². The average molecular weight is 430 g/mol. The molecule has 30 heavy (non-hydrogen) atoms. The number of carbonyl (C=O) groups excluding carboxylic acids is 2. The quantitative estimate of drug-likeness (QED) is 0.707. The lowest BCUT2D eigenvalue weighted by atomic mass is 10.2. The lowest BCUT2D eigenvalue weighted by molar-refractivity contribution is -0.119. The highest BCUT2D eigenvalue weighted by molar-refractivity contribution is 7.92. The SMILES string of the molecule is COC(=O)c1ccc(OC)c(NS(=O)(=O)c2ccc3c(c2)CCN3C(=O)C2CC2)c1. The van der Waals surface area contributed by atoms with Crippen molar-refractivity contribution in [2.75, 3.05) is 30.4 Å². The van der Waals surface area contributed by atoms with Crippen LogP contribution in [0.25, 0.3) is 0 Å². The summed E-state index contributed by atoms with van der Waals surface area (Å²) in [6.07, 6.45) is 2.46. The number of methoxy groups -OCH3 is 2. The zero-order chi connectivity index (χ0) is 21.5.